The first kappa shape index (κ1) is 19.8. The highest BCUT2D eigenvalue weighted by atomic mass is 32.1. The third kappa shape index (κ3) is 4.42. The number of benzene rings is 1. The molecule has 0 fully saturated rings. The van der Waals surface area contributed by atoms with Gasteiger partial charge in [0.15, 0.2) is 0 Å². The molecule has 29 heavy (non-hydrogen) atoms. The van der Waals surface area contributed by atoms with Gasteiger partial charge in [0.1, 0.15) is 5.82 Å². The molecule has 0 atom stereocenters. The summed E-state index contributed by atoms with van der Waals surface area (Å²) in [6.45, 7) is 6.75. The van der Waals surface area contributed by atoms with Crippen molar-refractivity contribution in [1.82, 2.24) is 14.8 Å². The van der Waals surface area contributed by atoms with E-state index in [0.29, 0.717) is 13.1 Å². The number of thiazole rings is 1. The van der Waals surface area contributed by atoms with Gasteiger partial charge in [-0.2, -0.15) is 0 Å². The number of amides is 1. The number of hydrogen-bond donors (Lipinski definition) is 0. The molecule has 1 aromatic heterocycles. The van der Waals surface area contributed by atoms with Crippen molar-refractivity contribution in [2.45, 2.75) is 33.1 Å². The monoisotopic (exact) mass is 411 g/mol. The number of nitrogens with zero attached hydrogens (tertiary/aromatic N) is 3. The number of aryl methyl sites for hydroxylation is 1. The maximum absolute atomic E-state index is 13.2. The minimum absolute atomic E-state index is 0.176. The molecule has 0 bridgehead atoms. The molecule has 0 saturated carbocycles. The fourth-order valence-electron chi connectivity index (χ4n) is 4.00. The average Bonchev–Trinajstić information content (AvgIpc) is 2.96. The first-order valence-electron chi connectivity index (χ1n) is 10.2. The van der Waals surface area contributed by atoms with Gasteiger partial charge < -0.3 is 9.80 Å². The van der Waals surface area contributed by atoms with Crippen LogP contribution >= 0.6 is 11.3 Å². The second kappa shape index (κ2) is 8.49. The Hall–Kier alpha value is -2.47. The molecule has 1 aromatic carbocycles. The molecule has 0 unspecified atom stereocenters. The number of aromatic nitrogens is 1. The van der Waals surface area contributed by atoms with Crippen LogP contribution in [-0.4, -0.2) is 46.9 Å². The Bertz CT molecular complexity index is 936. The Kier molecular flexibility index (Phi) is 5.81. The first-order valence-corrected chi connectivity index (χ1v) is 11.0. The van der Waals surface area contributed by atoms with E-state index in [-0.39, 0.29) is 11.7 Å². The Morgan fingerprint density at radius 2 is 1.97 bits per heavy atom. The summed E-state index contributed by atoms with van der Waals surface area (Å²) in [5.41, 5.74) is 4.41. The molecule has 3 heterocycles. The Labute approximate surface area is 175 Å². The maximum atomic E-state index is 13.2. The summed E-state index contributed by atoms with van der Waals surface area (Å²) in [5.74, 6) is -0.0518. The molecule has 152 valence electrons. The maximum Gasteiger partial charge on any atom is 0.242 e. The highest BCUT2D eigenvalue weighted by Crippen LogP contribution is 2.26. The van der Waals surface area contributed by atoms with Crippen LogP contribution in [0.4, 0.5) is 4.39 Å². The quantitative estimate of drug-likeness (QED) is 0.756. The lowest BCUT2D eigenvalue weighted by atomic mass is 10.0. The van der Waals surface area contributed by atoms with Gasteiger partial charge in [-0.15, -0.1) is 11.3 Å². The molecular weight excluding hydrogens is 385 g/mol. The van der Waals surface area contributed by atoms with Gasteiger partial charge in [0.05, 0.1) is 17.2 Å². The third-order valence-electron chi connectivity index (χ3n) is 5.59. The van der Waals surface area contributed by atoms with Gasteiger partial charge in [-0.05, 0) is 42.7 Å². The zero-order valence-electron chi connectivity index (χ0n) is 16.9. The molecule has 4 rings (SSSR count). The molecule has 0 saturated heterocycles. The molecule has 6 heteroatoms. The fourth-order valence-corrected chi connectivity index (χ4v) is 4.97. The number of fused-ring (bicyclic) bond motifs is 1. The SMILES string of the molecule is CCC1=CC(c2ccc(F)cc2)=CCN1CC(=O)N1CCc2nc(C)sc2CC1. The van der Waals surface area contributed by atoms with Crippen LogP contribution < -0.4 is 0 Å². The number of hydrogen-bond acceptors (Lipinski definition) is 4. The van der Waals surface area contributed by atoms with Crippen molar-refractivity contribution in [3.8, 4) is 0 Å². The molecule has 1 amide bonds. The molecule has 0 N–H and O–H groups in total. The minimum atomic E-state index is -0.228. The van der Waals surface area contributed by atoms with E-state index in [4.69, 9.17) is 0 Å². The molecule has 0 spiro atoms. The van der Waals surface area contributed by atoms with Crippen molar-refractivity contribution in [3.63, 3.8) is 0 Å². The van der Waals surface area contributed by atoms with Gasteiger partial charge in [0.25, 0.3) is 0 Å². The van der Waals surface area contributed by atoms with Crippen molar-refractivity contribution in [2.75, 3.05) is 26.2 Å². The predicted molar refractivity (Wildman–Crippen MR) is 115 cm³/mol. The van der Waals surface area contributed by atoms with Gasteiger partial charge in [-0.1, -0.05) is 25.1 Å². The van der Waals surface area contributed by atoms with Crippen molar-refractivity contribution in [1.29, 1.82) is 0 Å². The lowest BCUT2D eigenvalue weighted by Gasteiger charge is -2.31. The van der Waals surface area contributed by atoms with E-state index in [9.17, 15) is 9.18 Å². The van der Waals surface area contributed by atoms with Crippen LogP contribution in [0.3, 0.4) is 0 Å². The topological polar surface area (TPSA) is 36.4 Å². The highest BCUT2D eigenvalue weighted by molar-refractivity contribution is 7.11. The van der Waals surface area contributed by atoms with E-state index in [0.717, 1.165) is 54.2 Å². The molecule has 2 aliphatic rings. The van der Waals surface area contributed by atoms with Crippen molar-refractivity contribution < 1.29 is 9.18 Å². The van der Waals surface area contributed by atoms with Crippen molar-refractivity contribution >= 4 is 22.8 Å². The zero-order valence-corrected chi connectivity index (χ0v) is 17.8. The summed E-state index contributed by atoms with van der Waals surface area (Å²) in [5, 5.41) is 1.12. The predicted octanol–water partition coefficient (Wildman–Crippen LogP) is 4.21. The molecule has 0 radical (unpaired) electrons. The summed E-state index contributed by atoms with van der Waals surface area (Å²) in [6, 6.07) is 6.58. The number of allylic oxidation sites excluding steroid dienone is 3. The summed E-state index contributed by atoms with van der Waals surface area (Å²) < 4.78 is 13.2. The molecule has 2 aromatic rings. The van der Waals surface area contributed by atoms with Gasteiger partial charge >= 0.3 is 0 Å². The first-order chi connectivity index (χ1) is 14.0. The summed E-state index contributed by atoms with van der Waals surface area (Å²) >= 11 is 1.76. The Balaban J connectivity index is 1.40. The fraction of sp³-hybridized carbons (Fsp3) is 0.391. The summed E-state index contributed by atoms with van der Waals surface area (Å²) in [6.07, 6.45) is 6.84. The minimum Gasteiger partial charge on any atom is -0.362 e. The lowest BCUT2D eigenvalue weighted by Crippen LogP contribution is -2.41. The van der Waals surface area contributed by atoms with E-state index in [1.807, 2.05) is 11.8 Å². The van der Waals surface area contributed by atoms with E-state index < -0.39 is 0 Å². The number of rotatable bonds is 4. The normalized spacial score (nSPS) is 16.8. The second-order valence-electron chi connectivity index (χ2n) is 7.52. The van der Waals surface area contributed by atoms with Crippen LogP contribution in [0.15, 0.2) is 42.1 Å². The van der Waals surface area contributed by atoms with Crippen molar-refractivity contribution in [3.05, 3.63) is 69.1 Å². The lowest BCUT2D eigenvalue weighted by molar-refractivity contribution is -0.131. The number of carbonyl (C=O) groups excluding carboxylic acids is 1. The summed E-state index contributed by atoms with van der Waals surface area (Å²) in [4.78, 5) is 23.1. The highest BCUT2D eigenvalue weighted by Gasteiger charge is 2.24. The molecule has 2 aliphatic heterocycles. The molecule has 4 nitrogen and oxygen atoms in total. The Morgan fingerprint density at radius 1 is 1.21 bits per heavy atom. The molecular formula is C23H26FN3OS. The van der Waals surface area contributed by atoms with Crippen LogP contribution in [0, 0.1) is 12.7 Å². The van der Waals surface area contributed by atoms with Crippen LogP contribution in [0.25, 0.3) is 5.57 Å². The van der Waals surface area contributed by atoms with Crippen LogP contribution in [0.2, 0.25) is 0 Å². The largest absolute Gasteiger partial charge is 0.362 e. The smallest absolute Gasteiger partial charge is 0.242 e. The van der Waals surface area contributed by atoms with Crippen LogP contribution in [0.5, 0.6) is 0 Å². The number of carbonyl (C=O) groups is 1. The van der Waals surface area contributed by atoms with E-state index in [1.54, 1.807) is 23.5 Å². The van der Waals surface area contributed by atoms with Crippen molar-refractivity contribution in [2.24, 2.45) is 0 Å². The van der Waals surface area contributed by atoms with Gasteiger partial charge in [0.2, 0.25) is 5.91 Å². The van der Waals surface area contributed by atoms with Gasteiger partial charge in [-0.25, -0.2) is 9.37 Å². The average molecular weight is 412 g/mol. The van der Waals surface area contributed by atoms with Gasteiger partial charge in [0, 0.05) is 43.1 Å². The van der Waals surface area contributed by atoms with E-state index >= 15 is 0 Å². The number of halogens is 1. The van der Waals surface area contributed by atoms with Crippen LogP contribution in [0.1, 0.15) is 34.5 Å². The third-order valence-corrected chi connectivity index (χ3v) is 6.66. The standard InChI is InChI=1S/C23H26FN3OS/c1-3-20-14-18(17-4-6-19(24)7-5-17)8-11-27(20)15-23(28)26-12-9-21-22(10-13-26)29-16(2)25-21/h4-8,14H,3,9-13,15H2,1-2H3. The summed E-state index contributed by atoms with van der Waals surface area (Å²) in [7, 11) is 0. The van der Waals surface area contributed by atoms with E-state index in [1.165, 1.54) is 22.7 Å². The Morgan fingerprint density at radius 3 is 2.72 bits per heavy atom. The van der Waals surface area contributed by atoms with Gasteiger partial charge in [-0.3, -0.25) is 4.79 Å². The second-order valence-corrected chi connectivity index (χ2v) is 8.81. The molecule has 0 aliphatic carbocycles. The van der Waals surface area contributed by atoms with Crippen LogP contribution in [-0.2, 0) is 17.6 Å². The van der Waals surface area contributed by atoms with E-state index in [2.05, 4.69) is 29.0 Å². The zero-order chi connectivity index (χ0) is 20.4.